The molecule has 5 heteroatoms. The van der Waals surface area contributed by atoms with E-state index < -0.39 is 0 Å². The van der Waals surface area contributed by atoms with Gasteiger partial charge in [0.1, 0.15) is 0 Å². The minimum atomic E-state index is 0.654. The maximum atomic E-state index is 8.52. The van der Waals surface area contributed by atoms with Crippen LogP contribution in [0, 0.1) is 36.5 Å². The summed E-state index contributed by atoms with van der Waals surface area (Å²) in [5, 5.41) is 17.0. The van der Waals surface area contributed by atoms with Gasteiger partial charge in [0.25, 0.3) is 0 Å². The van der Waals surface area contributed by atoms with Crippen molar-refractivity contribution in [2.75, 3.05) is 11.2 Å². The third-order valence-corrected chi connectivity index (χ3v) is 2.91. The van der Waals surface area contributed by atoms with Crippen LogP contribution < -0.4 is 17.0 Å². The highest BCUT2D eigenvalue weighted by Crippen LogP contribution is 2.14. The second-order valence-electron chi connectivity index (χ2n) is 4.47. The summed E-state index contributed by atoms with van der Waals surface area (Å²) in [4.78, 5) is 0. The molecule has 5 nitrogen and oxygen atoms in total. The van der Waals surface area contributed by atoms with Crippen LogP contribution in [0.2, 0.25) is 0 Å². The molecule has 2 rings (SSSR count). The Labute approximate surface area is 124 Å². The lowest BCUT2D eigenvalue weighted by molar-refractivity contribution is 1.30. The molecule has 2 aromatic carbocycles. The number of benzene rings is 2. The molecule has 0 aromatic heterocycles. The van der Waals surface area contributed by atoms with Crippen LogP contribution in [0.25, 0.3) is 0 Å². The summed E-state index contributed by atoms with van der Waals surface area (Å²) < 4.78 is 0. The van der Waals surface area contributed by atoms with Crippen LogP contribution in [-0.4, -0.2) is 0 Å². The van der Waals surface area contributed by atoms with Gasteiger partial charge in [-0.05, 0) is 61.4 Å². The molecule has 2 aromatic rings. The molecule has 21 heavy (non-hydrogen) atoms. The van der Waals surface area contributed by atoms with Crippen LogP contribution >= 0.6 is 0 Å². The van der Waals surface area contributed by atoms with Crippen LogP contribution in [0.4, 0.5) is 11.4 Å². The largest absolute Gasteiger partial charge is 0.399 e. The van der Waals surface area contributed by atoms with Gasteiger partial charge in [-0.1, -0.05) is 0 Å². The standard InChI is InChI=1S/C8H9N3.C8H8N2/c1-6-4-7(5-9)2-3-8(6)11-10;1-6-4-7(5-9)2-3-8(6)10/h2-4,11H,10H2,1H3;2-4H,10H2,1H3. The number of hydrogen-bond acceptors (Lipinski definition) is 5. The third-order valence-electron chi connectivity index (χ3n) is 2.91. The number of nitriles is 2. The molecule has 0 heterocycles. The van der Waals surface area contributed by atoms with Crippen molar-refractivity contribution in [1.82, 2.24) is 0 Å². The molecule has 0 fully saturated rings. The summed E-state index contributed by atoms with van der Waals surface area (Å²) in [6, 6.07) is 14.6. The zero-order chi connectivity index (χ0) is 15.8. The molecule has 0 unspecified atom stereocenters. The molecule has 0 atom stereocenters. The van der Waals surface area contributed by atoms with Crippen LogP contribution in [0.3, 0.4) is 0 Å². The minimum Gasteiger partial charge on any atom is -0.399 e. The molecule has 5 N–H and O–H groups in total. The molecule has 0 saturated heterocycles. The molecular formula is C16H17N5. The summed E-state index contributed by atoms with van der Waals surface area (Å²) in [5.41, 5.74) is 12.9. The maximum Gasteiger partial charge on any atom is 0.0991 e. The number of nitrogens with one attached hydrogen (secondary N) is 1. The predicted octanol–water partition coefficient (Wildman–Crippen LogP) is 2.60. The number of aryl methyl sites for hydroxylation is 2. The lowest BCUT2D eigenvalue weighted by atomic mass is 10.1. The average molecular weight is 279 g/mol. The highest BCUT2D eigenvalue weighted by atomic mass is 15.2. The first kappa shape index (κ1) is 16.0. The van der Waals surface area contributed by atoms with Crippen molar-refractivity contribution in [2.45, 2.75) is 13.8 Å². The van der Waals surface area contributed by atoms with Crippen molar-refractivity contribution in [2.24, 2.45) is 5.84 Å². The van der Waals surface area contributed by atoms with Gasteiger partial charge >= 0.3 is 0 Å². The molecule has 0 aliphatic rings. The van der Waals surface area contributed by atoms with Gasteiger partial charge in [0.05, 0.1) is 29.0 Å². The number of nitrogen functional groups attached to an aromatic ring is 2. The molecule has 0 spiro atoms. The Bertz CT molecular complexity index is 708. The van der Waals surface area contributed by atoms with Gasteiger partial charge in [0, 0.05) is 5.69 Å². The first-order chi connectivity index (χ1) is 10.0. The Kier molecular flexibility index (Phi) is 5.76. The molecule has 106 valence electrons. The van der Waals surface area contributed by atoms with Gasteiger partial charge in [-0.15, -0.1) is 0 Å². The van der Waals surface area contributed by atoms with Crippen LogP contribution in [0.15, 0.2) is 36.4 Å². The number of nitrogens with zero attached hydrogens (tertiary/aromatic N) is 2. The zero-order valence-electron chi connectivity index (χ0n) is 12.0. The second-order valence-corrected chi connectivity index (χ2v) is 4.47. The minimum absolute atomic E-state index is 0.654. The van der Waals surface area contributed by atoms with E-state index in [1.807, 2.05) is 19.9 Å². The molecule has 0 bridgehead atoms. The Morgan fingerprint density at radius 1 is 0.905 bits per heavy atom. The van der Waals surface area contributed by atoms with E-state index in [9.17, 15) is 0 Å². The van der Waals surface area contributed by atoms with Gasteiger partial charge in [0.15, 0.2) is 0 Å². The van der Waals surface area contributed by atoms with Gasteiger partial charge in [-0.2, -0.15) is 10.5 Å². The zero-order valence-corrected chi connectivity index (χ0v) is 12.0. The van der Waals surface area contributed by atoms with E-state index in [4.69, 9.17) is 22.1 Å². The Hall–Kier alpha value is -3.02. The fourth-order valence-electron chi connectivity index (χ4n) is 1.64. The molecule has 0 amide bonds. The smallest absolute Gasteiger partial charge is 0.0991 e. The highest BCUT2D eigenvalue weighted by molar-refractivity contribution is 5.53. The quantitative estimate of drug-likeness (QED) is 0.422. The first-order valence-electron chi connectivity index (χ1n) is 6.25. The summed E-state index contributed by atoms with van der Waals surface area (Å²) in [5.74, 6) is 5.21. The van der Waals surface area contributed by atoms with E-state index in [-0.39, 0.29) is 0 Å². The van der Waals surface area contributed by atoms with E-state index in [2.05, 4.69) is 11.5 Å². The van der Waals surface area contributed by atoms with Crippen molar-refractivity contribution in [3.05, 3.63) is 58.7 Å². The highest BCUT2D eigenvalue weighted by Gasteiger charge is 1.96. The number of anilines is 2. The third kappa shape index (κ3) is 4.54. The number of hydrogen-bond donors (Lipinski definition) is 3. The van der Waals surface area contributed by atoms with E-state index in [1.165, 1.54) is 0 Å². The van der Waals surface area contributed by atoms with Gasteiger partial charge in [-0.3, -0.25) is 5.84 Å². The van der Waals surface area contributed by atoms with E-state index in [1.54, 1.807) is 36.4 Å². The summed E-state index contributed by atoms with van der Waals surface area (Å²) >= 11 is 0. The monoisotopic (exact) mass is 279 g/mol. The normalized spacial score (nSPS) is 8.81. The fraction of sp³-hybridized carbons (Fsp3) is 0.125. The lowest BCUT2D eigenvalue weighted by Crippen LogP contribution is -2.07. The molecule has 0 aliphatic carbocycles. The van der Waals surface area contributed by atoms with Crippen LogP contribution in [-0.2, 0) is 0 Å². The van der Waals surface area contributed by atoms with Crippen molar-refractivity contribution in [1.29, 1.82) is 10.5 Å². The van der Waals surface area contributed by atoms with Gasteiger partial charge < -0.3 is 11.2 Å². The summed E-state index contributed by atoms with van der Waals surface area (Å²) in [6.07, 6.45) is 0. The number of hydrazine groups is 1. The fourth-order valence-corrected chi connectivity index (χ4v) is 1.64. The van der Waals surface area contributed by atoms with Crippen LogP contribution in [0.5, 0.6) is 0 Å². The Morgan fingerprint density at radius 3 is 1.86 bits per heavy atom. The summed E-state index contributed by atoms with van der Waals surface area (Å²) in [6.45, 7) is 3.78. The van der Waals surface area contributed by atoms with E-state index in [0.717, 1.165) is 22.5 Å². The SMILES string of the molecule is Cc1cc(C#N)ccc1N.Cc1cc(C#N)ccc1NN. The topological polar surface area (TPSA) is 112 Å². The van der Waals surface area contributed by atoms with E-state index >= 15 is 0 Å². The molecular weight excluding hydrogens is 262 g/mol. The number of nitrogens with two attached hydrogens (primary N) is 2. The predicted molar refractivity (Wildman–Crippen MR) is 84.0 cm³/mol. The van der Waals surface area contributed by atoms with Crippen molar-refractivity contribution < 1.29 is 0 Å². The van der Waals surface area contributed by atoms with Gasteiger partial charge in [-0.25, -0.2) is 0 Å². The van der Waals surface area contributed by atoms with Crippen molar-refractivity contribution in [3.8, 4) is 12.1 Å². The average Bonchev–Trinajstić information content (AvgIpc) is 2.50. The molecule has 0 saturated carbocycles. The Balaban J connectivity index is 0.000000211. The van der Waals surface area contributed by atoms with Crippen molar-refractivity contribution in [3.63, 3.8) is 0 Å². The van der Waals surface area contributed by atoms with Crippen molar-refractivity contribution >= 4 is 11.4 Å². The molecule has 0 radical (unpaired) electrons. The summed E-state index contributed by atoms with van der Waals surface area (Å²) in [7, 11) is 0. The van der Waals surface area contributed by atoms with Crippen LogP contribution in [0.1, 0.15) is 22.3 Å². The maximum absolute atomic E-state index is 8.52. The lowest BCUT2D eigenvalue weighted by Gasteiger charge is -2.02. The van der Waals surface area contributed by atoms with Gasteiger partial charge in [0.2, 0.25) is 0 Å². The molecule has 0 aliphatic heterocycles. The first-order valence-corrected chi connectivity index (χ1v) is 6.25. The second kappa shape index (κ2) is 7.54. The number of rotatable bonds is 1. The Morgan fingerprint density at radius 2 is 1.43 bits per heavy atom. The van der Waals surface area contributed by atoms with E-state index in [0.29, 0.717) is 11.1 Å².